The first-order chi connectivity index (χ1) is 23.6. The molecule has 8 rings (SSSR count). The average Bonchev–Trinajstić information content (AvgIpc) is 3.84. The number of aliphatic hydroxyl groups excluding tert-OH is 2. The quantitative estimate of drug-likeness (QED) is 0.245. The molecule has 2 aromatic heterocycles. The number of nitrogens with two attached hydrogens (primary N) is 1. The van der Waals surface area contributed by atoms with E-state index in [4.69, 9.17) is 20.2 Å². The zero-order valence-electron chi connectivity index (χ0n) is 27.5. The number of β-amino-alcohol motifs (C(OH)–C–C–N with tert-alkyl or cyclic N) is 1. The molecule has 49 heavy (non-hydrogen) atoms. The van der Waals surface area contributed by atoms with Gasteiger partial charge in [-0.05, 0) is 69.5 Å². The molecule has 0 saturated carbocycles. The van der Waals surface area contributed by atoms with E-state index in [1.807, 2.05) is 7.05 Å². The van der Waals surface area contributed by atoms with Crippen LogP contribution in [0, 0.1) is 23.0 Å². The van der Waals surface area contributed by atoms with Crippen LogP contribution in [0.4, 0.5) is 19.6 Å². The molecule has 14 heteroatoms. The van der Waals surface area contributed by atoms with E-state index >= 15 is 8.78 Å². The summed E-state index contributed by atoms with van der Waals surface area (Å²) >= 11 is 1.16. The van der Waals surface area contributed by atoms with Crippen molar-refractivity contribution in [2.24, 2.45) is 0 Å². The van der Waals surface area contributed by atoms with Gasteiger partial charge in [-0.25, -0.2) is 8.78 Å². The Morgan fingerprint density at radius 2 is 1.92 bits per heavy atom. The number of hydrogen-bond acceptors (Lipinski definition) is 12. The van der Waals surface area contributed by atoms with Gasteiger partial charge < -0.3 is 30.3 Å². The fraction of sp³-hybridized carbons (Fsp3) is 0.514. The summed E-state index contributed by atoms with van der Waals surface area (Å²) in [5.41, 5.74) is 6.80. The summed E-state index contributed by atoms with van der Waals surface area (Å²) in [6.07, 6.45) is 2.99. The van der Waals surface area contributed by atoms with Crippen molar-refractivity contribution in [3.63, 3.8) is 0 Å². The fourth-order valence-electron chi connectivity index (χ4n) is 8.60. The second-order valence-corrected chi connectivity index (χ2v) is 15.1. The van der Waals surface area contributed by atoms with Gasteiger partial charge in [-0.2, -0.15) is 15.2 Å². The fourth-order valence-corrected chi connectivity index (χ4v) is 9.53. The molecular weight excluding hydrogens is 652 g/mol. The van der Waals surface area contributed by atoms with Crippen LogP contribution in [0.25, 0.3) is 32.1 Å². The number of nitriles is 1. The summed E-state index contributed by atoms with van der Waals surface area (Å²) in [4.78, 5) is 16.3. The number of anilines is 2. The Labute approximate surface area is 286 Å². The van der Waals surface area contributed by atoms with Crippen molar-refractivity contribution in [3.8, 4) is 23.2 Å². The van der Waals surface area contributed by atoms with Gasteiger partial charge in [-0.3, -0.25) is 9.80 Å². The number of benzene rings is 2. The second-order valence-electron chi connectivity index (χ2n) is 14.0. The Balaban J connectivity index is 1.35. The van der Waals surface area contributed by atoms with E-state index in [-0.39, 0.29) is 77.1 Å². The van der Waals surface area contributed by atoms with Crippen molar-refractivity contribution in [1.82, 2.24) is 19.8 Å². The van der Waals surface area contributed by atoms with Crippen LogP contribution in [0.15, 0.2) is 12.1 Å². The number of aliphatic hydroxyl groups is 2. The van der Waals surface area contributed by atoms with Gasteiger partial charge in [0.2, 0.25) is 0 Å². The summed E-state index contributed by atoms with van der Waals surface area (Å²) < 4.78 is 46.3. The first-order valence-electron chi connectivity index (χ1n) is 16.8. The monoisotopic (exact) mass is 691 g/mol. The predicted octanol–water partition coefficient (Wildman–Crippen LogP) is 4.14. The van der Waals surface area contributed by atoms with Crippen molar-refractivity contribution in [2.45, 2.75) is 69.5 Å². The van der Waals surface area contributed by atoms with E-state index in [0.717, 1.165) is 43.6 Å². The first-order valence-corrected chi connectivity index (χ1v) is 17.6. The van der Waals surface area contributed by atoms with Crippen LogP contribution in [0.2, 0.25) is 0 Å². The highest BCUT2D eigenvalue weighted by atomic mass is 32.1. The molecule has 4 aromatic rings. The van der Waals surface area contributed by atoms with Gasteiger partial charge >= 0.3 is 6.01 Å². The SMILES string of the molecule is CC(O)CN1CC2CCC(C1)N2c1nc(OCC2(CO)CCCN2C)nc2c(F)c(-c3c(F)ccc4sc(N)c(C#N)c34)c3c(c12)COC3. The highest BCUT2D eigenvalue weighted by Gasteiger charge is 2.44. The lowest BCUT2D eigenvalue weighted by Gasteiger charge is -2.42. The van der Waals surface area contributed by atoms with E-state index in [2.05, 4.69) is 25.8 Å². The molecule has 0 amide bonds. The Morgan fingerprint density at radius 1 is 1.16 bits per heavy atom. The largest absolute Gasteiger partial charge is 0.461 e. The number of nitrogen functional groups attached to an aromatic ring is 1. The van der Waals surface area contributed by atoms with E-state index in [1.165, 1.54) is 6.07 Å². The van der Waals surface area contributed by atoms with Crippen molar-refractivity contribution < 1.29 is 28.5 Å². The van der Waals surface area contributed by atoms with E-state index in [1.54, 1.807) is 13.0 Å². The molecule has 3 fully saturated rings. The van der Waals surface area contributed by atoms with Crippen LogP contribution in [0.3, 0.4) is 0 Å². The number of nitrogens with zero attached hydrogens (tertiary/aromatic N) is 6. The molecule has 4 unspecified atom stereocenters. The highest BCUT2D eigenvalue weighted by molar-refractivity contribution is 7.23. The minimum Gasteiger partial charge on any atom is -0.461 e. The number of likely N-dealkylation sites (N-methyl/N-ethyl adjacent to an activating group) is 1. The number of piperazine rings is 1. The lowest BCUT2D eigenvalue weighted by molar-refractivity contribution is 0.0363. The average molecular weight is 692 g/mol. The van der Waals surface area contributed by atoms with Crippen molar-refractivity contribution in [1.29, 1.82) is 5.26 Å². The Hall–Kier alpha value is -3.71. The number of rotatable bonds is 8. The molecule has 4 atom stereocenters. The number of halogens is 2. The number of hydrogen-bond donors (Lipinski definition) is 3. The molecule has 4 aliphatic heterocycles. The number of ether oxygens (including phenoxy) is 2. The number of fused-ring (bicyclic) bond motifs is 6. The Morgan fingerprint density at radius 3 is 2.59 bits per heavy atom. The van der Waals surface area contributed by atoms with E-state index in [0.29, 0.717) is 46.7 Å². The van der Waals surface area contributed by atoms with Crippen molar-refractivity contribution in [2.75, 3.05) is 57.1 Å². The molecule has 4 N–H and O–H groups in total. The third-order valence-electron chi connectivity index (χ3n) is 11.0. The topological polar surface area (TPSA) is 144 Å². The highest BCUT2D eigenvalue weighted by Crippen LogP contribution is 2.49. The van der Waals surface area contributed by atoms with Crippen LogP contribution >= 0.6 is 11.3 Å². The number of aromatic nitrogens is 2. The lowest BCUT2D eigenvalue weighted by Crippen LogP contribution is -2.55. The van der Waals surface area contributed by atoms with Crippen LogP contribution in [-0.4, -0.2) is 100 Å². The molecule has 2 aromatic carbocycles. The van der Waals surface area contributed by atoms with Crippen molar-refractivity contribution in [3.05, 3.63) is 40.5 Å². The van der Waals surface area contributed by atoms with Gasteiger partial charge in [0.25, 0.3) is 0 Å². The normalized spacial score (nSPS) is 24.6. The van der Waals surface area contributed by atoms with Gasteiger partial charge in [0, 0.05) is 52.9 Å². The number of likely N-dealkylation sites (tertiary alicyclic amines) is 2. The standard InChI is InChI=1S/C35H39F2N7O4S/c1-18(46)11-43-12-19-4-5-20(13-43)44(19)33-28-23-15-47-14-22(23)27(29-24(36)6-7-25-26(29)21(10-38)32(39)49-25)30(37)31(28)40-34(41-33)48-17-35(16-45)8-3-9-42(35)2/h6-7,18-20,45-46H,3-5,8-9,11-17,39H2,1-2H3. The maximum Gasteiger partial charge on any atom is 0.319 e. The number of thiophene rings is 1. The third kappa shape index (κ3) is 5.13. The molecule has 2 bridgehead atoms. The maximum atomic E-state index is 17.5. The van der Waals surface area contributed by atoms with E-state index in [9.17, 15) is 15.5 Å². The van der Waals surface area contributed by atoms with Gasteiger partial charge in [0.1, 0.15) is 34.8 Å². The summed E-state index contributed by atoms with van der Waals surface area (Å²) in [7, 11) is 1.95. The molecule has 11 nitrogen and oxygen atoms in total. The minimum absolute atomic E-state index is 0.0000735. The zero-order chi connectivity index (χ0) is 34.2. The van der Waals surface area contributed by atoms with Crippen LogP contribution in [0.1, 0.15) is 49.3 Å². The minimum atomic E-state index is -0.747. The molecule has 258 valence electrons. The molecule has 0 aliphatic carbocycles. The summed E-state index contributed by atoms with van der Waals surface area (Å²) in [6.45, 7) is 4.78. The predicted molar refractivity (Wildman–Crippen MR) is 182 cm³/mol. The molecule has 3 saturated heterocycles. The van der Waals surface area contributed by atoms with Crippen LogP contribution in [0.5, 0.6) is 6.01 Å². The molecular formula is C35H39F2N7O4S. The van der Waals surface area contributed by atoms with Gasteiger partial charge in [-0.15, -0.1) is 11.3 Å². The second kappa shape index (κ2) is 12.3. The Kier molecular flexibility index (Phi) is 8.13. The van der Waals surface area contributed by atoms with E-state index < -0.39 is 23.3 Å². The van der Waals surface area contributed by atoms with Crippen LogP contribution in [-0.2, 0) is 18.0 Å². The third-order valence-corrected chi connectivity index (χ3v) is 12.0. The van der Waals surface area contributed by atoms with Gasteiger partial charge in [-0.1, -0.05) is 0 Å². The van der Waals surface area contributed by atoms with Gasteiger partial charge in [0.05, 0.1) is 42.4 Å². The summed E-state index contributed by atoms with van der Waals surface area (Å²) in [5, 5.41) is 31.5. The molecule has 6 heterocycles. The molecule has 0 radical (unpaired) electrons. The maximum absolute atomic E-state index is 17.5. The zero-order valence-corrected chi connectivity index (χ0v) is 28.3. The Bertz CT molecular complexity index is 2000. The molecule has 4 aliphatic rings. The van der Waals surface area contributed by atoms with Gasteiger partial charge in [0.15, 0.2) is 5.82 Å². The van der Waals surface area contributed by atoms with Crippen molar-refractivity contribution >= 4 is 43.1 Å². The van der Waals surface area contributed by atoms with Crippen LogP contribution < -0.4 is 15.4 Å². The first kappa shape index (κ1) is 32.5. The summed E-state index contributed by atoms with van der Waals surface area (Å²) in [5.74, 6) is -0.880. The summed E-state index contributed by atoms with van der Waals surface area (Å²) in [6, 6.07) is 5.03. The smallest absolute Gasteiger partial charge is 0.319 e. The lowest BCUT2D eigenvalue weighted by atomic mass is 9.90. The molecule has 0 spiro atoms.